The van der Waals surface area contributed by atoms with E-state index in [0.717, 1.165) is 37.1 Å². The molecular formula is C26H37N3O2. The van der Waals surface area contributed by atoms with Gasteiger partial charge in [-0.05, 0) is 88.8 Å². The Bertz CT molecular complexity index is 827. The molecule has 0 radical (unpaired) electrons. The minimum Gasteiger partial charge on any atom is -0.355 e. The lowest BCUT2D eigenvalue weighted by Crippen LogP contribution is -2.33. The highest BCUT2D eigenvalue weighted by molar-refractivity contribution is 6.00. The van der Waals surface area contributed by atoms with Crippen LogP contribution >= 0.6 is 0 Å². The molecule has 1 aliphatic heterocycles. The SMILES string of the molecule is CNC(=O)/C(C)=C/C(=C\C(Cc1ccccc1)=C(C)C)C(=O)NCCC1CCCNC1. The zero-order valence-corrected chi connectivity index (χ0v) is 19.4. The molecule has 3 N–H and O–H groups in total. The predicted molar refractivity (Wildman–Crippen MR) is 128 cm³/mol. The summed E-state index contributed by atoms with van der Waals surface area (Å²) >= 11 is 0. The summed E-state index contributed by atoms with van der Waals surface area (Å²) in [6, 6.07) is 10.2. The average Bonchev–Trinajstić information content (AvgIpc) is 2.78. The van der Waals surface area contributed by atoms with Gasteiger partial charge in [0.25, 0.3) is 5.91 Å². The van der Waals surface area contributed by atoms with Crippen LogP contribution in [-0.4, -0.2) is 38.5 Å². The zero-order valence-electron chi connectivity index (χ0n) is 19.4. The number of nitrogens with one attached hydrogen (secondary N) is 3. The molecule has 1 aromatic carbocycles. The van der Waals surface area contributed by atoms with Crippen molar-refractivity contribution in [2.75, 3.05) is 26.7 Å². The second kappa shape index (κ2) is 12.9. The number of hydrogen-bond acceptors (Lipinski definition) is 3. The fraction of sp³-hybridized carbons (Fsp3) is 0.462. The number of rotatable bonds is 9. The van der Waals surface area contributed by atoms with Crippen LogP contribution in [0.2, 0.25) is 0 Å². The minimum atomic E-state index is -0.186. The topological polar surface area (TPSA) is 70.2 Å². The second-order valence-corrected chi connectivity index (χ2v) is 8.45. The third-order valence-electron chi connectivity index (χ3n) is 5.67. The molecule has 0 saturated carbocycles. The van der Waals surface area contributed by atoms with E-state index in [4.69, 9.17) is 0 Å². The third kappa shape index (κ3) is 8.54. The Kier molecular flexibility index (Phi) is 10.2. The van der Waals surface area contributed by atoms with E-state index in [1.165, 1.54) is 18.4 Å². The number of amides is 2. The summed E-state index contributed by atoms with van der Waals surface area (Å²) < 4.78 is 0. The molecular weight excluding hydrogens is 386 g/mol. The van der Waals surface area contributed by atoms with Gasteiger partial charge < -0.3 is 16.0 Å². The van der Waals surface area contributed by atoms with Gasteiger partial charge >= 0.3 is 0 Å². The molecule has 1 aliphatic rings. The van der Waals surface area contributed by atoms with Gasteiger partial charge in [0.2, 0.25) is 5.91 Å². The van der Waals surface area contributed by atoms with E-state index in [1.807, 2.05) is 24.3 Å². The van der Waals surface area contributed by atoms with Gasteiger partial charge in [-0.1, -0.05) is 35.9 Å². The van der Waals surface area contributed by atoms with E-state index < -0.39 is 0 Å². The molecule has 1 heterocycles. The van der Waals surface area contributed by atoms with Crippen molar-refractivity contribution in [2.45, 2.75) is 46.5 Å². The number of piperidine rings is 1. The molecule has 1 unspecified atom stereocenters. The first-order valence-corrected chi connectivity index (χ1v) is 11.2. The molecule has 0 aliphatic carbocycles. The van der Waals surface area contributed by atoms with Gasteiger partial charge in [0.1, 0.15) is 0 Å². The normalized spacial score (nSPS) is 17.1. The first-order chi connectivity index (χ1) is 14.9. The summed E-state index contributed by atoms with van der Waals surface area (Å²) in [5.74, 6) is 0.281. The number of likely N-dealkylation sites (N-methyl/N-ethyl adjacent to an activating group) is 1. The van der Waals surface area contributed by atoms with E-state index in [1.54, 1.807) is 20.0 Å². The van der Waals surface area contributed by atoms with Gasteiger partial charge in [0.15, 0.2) is 0 Å². The molecule has 168 valence electrons. The molecule has 2 rings (SSSR count). The summed E-state index contributed by atoms with van der Waals surface area (Å²) in [6.45, 7) is 8.58. The van der Waals surface area contributed by atoms with Crippen LogP contribution in [0.25, 0.3) is 0 Å². The fourth-order valence-electron chi connectivity index (χ4n) is 3.71. The van der Waals surface area contributed by atoms with E-state index in [2.05, 4.69) is 41.9 Å². The Hall–Kier alpha value is -2.66. The molecule has 1 aromatic rings. The van der Waals surface area contributed by atoms with Crippen molar-refractivity contribution in [1.29, 1.82) is 0 Å². The Morgan fingerprint density at radius 3 is 2.45 bits per heavy atom. The largest absolute Gasteiger partial charge is 0.355 e. The molecule has 1 atom stereocenters. The highest BCUT2D eigenvalue weighted by Gasteiger charge is 2.15. The third-order valence-corrected chi connectivity index (χ3v) is 5.67. The van der Waals surface area contributed by atoms with Gasteiger partial charge in [-0.15, -0.1) is 0 Å². The molecule has 31 heavy (non-hydrogen) atoms. The van der Waals surface area contributed by atoms with E-state index >= 15 is 0 Å². The molecule has 0 aromatic heterocycles. The maximum Gasteiger partial charge on any atom is 0.251 e. The van der Waals surface area contributed by atoms with Gasteiger partial charge in [-0.3, -0.25) is 9.59 Å². The van der Waals surface area contributed by atoms with Crippen LogP contribution in [0.15, 0.2) is 64.8 Å². The number of hydrogen-bond donors (Lipinski definition) is 3. The van der Waals surface area contributed by atoms with Gasteiger partial charge in [-0.2, -0.15) is 0 Å². The van der Waals surface area contributed by atoms with E-state index in [-0.39, 0.29) is 11.8 Å². The Morgan fingerprint density at radius 2 is 1.84 bits per heavy atom. The van der Waals surface area contributed by atoms with Gasteiger partial charge in [0, 0.05) is 24.7 Å². The lowest BCUT2D eigenvalue weighted by molar-refractivity contribution is -0.117. The van der Waals surface area contributed by atoms with Gasteiger partial charge in [0.05, 0.1) is 0 Å². The second-order valence-electron chi connectivity index (χ2n) is 8.45. The van der Waals surface area contributed by atoms with Crippen molar-refractivity contribution in [3.63, 3.8) is 0 Å². The van der Waals surface area contributed by atoms with Crippen LogP contribution in [0.3, 0.4) is 0 Å². The van der Waals surface area contributed by atoms with Crippen LogP contribution in [0, 0.1) is 5.92 Å². The minimum absolute atomic E-state index is 0.140. The van der Waals surface area contributed by atoms with Crippen molar-refractivity contribution in [3.05, 3.63) is 70.3 Å². The molecule has 5 heteroatoms. The number of allylic oxidation sites excluding steroid dienone is 3. The van der Waals surface area contributed by atoms with Crippen LogP contribution in [0.5, 0.6) is 0 Å². The Balaban J connectivity index is 2.20. The summed E-state index contributed by atoms with van der Waals surface area (Å²) in [7, 11) is 1.60. The average molecular weight is 424 g/mol. The Morgan fingerprint density at radius 1 is 1.10 bits per heavy atom. The fourth-order valence-corrected chi connectivity index (χ4v) is 3.71. The number of carbonyl (C=O) groups is 2. The van der Waals surface area contributed by atoms with Gasteiger partial charge in [-0.25, -0.2) is 0 Å². The van der Waals surface area contributed by atoms with E-state index in [9.17, 15) is 9.59 Å². The molecule has 1 saturated heterocycles. The summed E-state index contributed by atoms with van der Waals surface area (Å²) in [4.78, 5) is 25.1. The van der Waals surface area contributed by atoms with Crippen molar-refractivity contribution < 1.29 is 9.59 Å². The van der Waals surface area contributed by atoms with Crippen molar-refractivity contribution in [2.24, 2.45) is 5.92 Å². The van der Waals surface area contributed by atoms with Crippen LogP contribution in [-0.2, 0) is 16.0 Å². The first kappa shape index (κ1) is 24.6. The highest BCUT2D eigenvalue weighted by atomic mass is 16.2. The van der Waals surface area contributed by atoms with E-state index in [0.29, 0.717) is 23.6 Å². The Labute approximate surface area is 187 Å². The smallest absolute Gasteiger partial charge is 0.251 e. The predicted octanol–water partition coefficient (Wildman–Crippen LogP) is 3.69. The van der Waals surface area contributed by atoms with Crippen LogP contribution in [0.4, 0.5) is 0 Å². The monoisotopic (exact) mass is 423 g/mol. The standard InChI is InChI=1S/C26H37N3O2/c1-19(2)23(16-21-9-6-5-7-10-21)17-24(15-20(3)25(30)27-4)26(31)29-14-12-22-11-8-13-28-18-22/h5-7,9-10,15,17,22,28H,8,11-14,16,18H2,1-4H3,(H,27,30)(H,29,31)/b20-15+,24-17+. The number of benzene rings is 1. The summed E-state index contributed by atoms with van der Waals surface area (Å²) in [6.07, 6.45) is 7.71. The molecule has 0 bridgehead atoms. The quantitative estimate of drug-likeness (QED) is 0.419. The van der Waals surface area contributed by atoms with Crippen molar-refractivity contribution in [1.82, 2.24) is 16.0 Å². The lowest BCUT2D eigenvalue weighted by atomic mass is 9.96. The van der Waals surface area contributed by atoms with Crippen LogP contribution in [0.1, 0.15) is 45.6 Å². The maximum absolute atomic E-state index is 13.0. The summed E-state index contributed by atoms with van der Waals surface area (Å²) in [5, 5.41) is 9.11. The summed E-state index contributed by atoms with van der Waals surface area (Å²) in [5.41, 5.74) is 4.43. The van der Waals surface area contributed by atoms with Crippen molar-refractivity contribution >= 4 is 11.8 Å². The molecule has 2 amide bonds. The van der Waals surface area contributed by atoms with Crippen LogP contribution < -0.4 is 16.0 Å². The van der Waals surface area contributed by atoms with Crippen molar-refractivity contribution in [3.8, 4) is 0 Å². The molecule has 5 nitrogen and oxygen atoms in total. The highest BCUT2D eigenvalue weighted by Crippen LogP contribution is 2.18. The first-order valence-electron chi connectivity index (χ1n) is 11.2. The lowest BCUT2D eigenvalue weighted by Gasteiger charge is -2.22. The number of carbonyl (C=O) groups excluding carboxylic acids is 2. The molecule has 1 fully saturated rings. The maximum atomic E-state index is 13.0. The molecule has 0 spiro atoms. The zero-order chi connectivity index (χ0) is 22.6.